The lowest BCUT2D eigenvalue weighted by Gasteiger charge is -2.11. The fourth-order valence-corrected chi connectivity index (χ4v) is 2.76. The van der Waals surface area contributed by atoms with Crippen LogP contribution in [0.5, 0.6) is 11.5 Å². The van der Waals surface area contributed by atoms with E-state index in [0.717, 1.165) is 23.6 Å². The summed E-state index contributed by atoms with van der Waals surface area (Å²) in [5.74, 6) is 2.33. The average molecular weight is 469 g/mol. The van der Waals surface area contributed by atoms with E-state index in [2.05, 4.69) is 15.6 Å². The maximum absolute atomic E-state index is 11.1. The van der Waals surface area contributed by atoms with Crippen LogP contribution in [0.25, 0.3) is 0 Å². The lowest BCUT2D eigenvalue weighted by molar-refractivity contribution is 0.174. The second-order valence-corrected chi connectivity index (χ2v) is 7.55. The van der Waals surface area contributed by atoms with Crippen molar-refractivity contribution in [3.63, 3.8) is 0 Å². The molecule has 1 aliphatic heterocycles. The SMILES string of the molecule is CCNC(=NCc1ccc2c(c1)OCO2)NCCCS(C)(=O)=O.I. The molecule has 1 aromatic carbocycles. The fraction of sp³-hybridized carbons (Fsp3) is 0.533. The molecule has 0 saturated heterocycles. The Morgan fingerprint density at radius 2 is 2.00 bits per heavy atom. The number of benzene rings is 1. The van der Waals surface area contributed by atoms with E-state index in [1.165, 1.54) is 6.26 Å². The topological polar surface area (TPSA) is 89.0 Å². The van der Waals surface area contributed by atoms with Gasteiger partial charge in [-0.2, -0.15) is 0 Å². The Hall–Kier alpha value is -1.23. The number of nitrogens with zero attached hydrogens (tertiary/aromatic N) is 1. The second-order valence-electron chi connectivity index (χ2n) is 5.29. The van der Waals surface area contributed by atoms with Gasteiger partial charge in [-0.1, -0.05) is 6.07 Å². The molecule has 0 radical (unpaired) electrons. The van der Waals surface area contributed by atoms with E-state index in [1.807, 2.05) is 25.1 Å². The summed E-state index contributed by atoms with van der Waals surface area (Å²) >= 11 is 0. The standard InChI is InChI=1S/C15H23N3O4S.HI/c1-3-16-15(17-7-4-8-23(2,19)20)18-10-12-5-6-13-14(9-12)22-11-21-13;/h5-6,9H,3-4,7-8,10-11H2,1-2H3,(H2,16,17,18);1H. The normalized spacial score (nSPS) is 13.3. The Morgan fingerprint density at radius 3 is 2.71 bits per heavy atom. The number of hydrogen-bond donors (Lipinski definition) is 2. The first-order chi connectivity index (χ1) is 11.0. The maximum atomic E-state index is 11.1. The predicted molar refractivity (Wildman–Crippen MR) is 105 cm³/mol. The highest BCUT2D eigenvalue weighted by Crippen LogP contribution is 2.32. The van der Waals surface area contributed by atoms with Gasteiger partial charge in [0.1, 0.15) is 9.84 Å². The molecule has 9 heteroatoms. The largest absolute Gasteiger partial charge is 0.454 e. The highest BCUT2D eigenvalue weighted by Gasteiger charge is 2.12. The van der Waals surface area contributed by atoms with Gasteiger partial charge in [0.15, 0.2) is 17.5 Å². The Kier molecular flexibility index (Phi) is 8.60. The zero-order valence-electron chi connectivity index (χ0n) is 13.9. The van der Waals surface area contributed by atoms with E-state index >= 15 is 0 Å². The first-order valence-corrected chi connectivity index (χ1v) is 9.62. The number of halogens is 1. The van der Waals surface area contributed by atoms with Gasteiger partial charge in [-0.15, -0.1) is 24.0 Å². The minimum absolute atomic E-state index is 0. The number of rotatable bonds is 7. The van der Waals surface area contributed by atoms with Crippen molar-refractivity contribution in [2.75, 3.05) is 31.9 Å². The molecule has 0 unspecified atom stereocenters. The number of sulfone groups is 1. The Bertz CT molecular complexity index is 665. The maximum Gasteiger partial charge on any atom is 0.231 e. The van der Waals surface area contributed by atoms with E-state index < -0.39 is 9.84 Å². The van der Waals surface area contributed by atoms with Crippen LogP contribution in [0.3, 0.4) is 0 Å². The summed E-state index contributed by atoms with van der Waals surface area (Å²) in [5.41, 5.74) is 1.02. The molecule has 0 aromatic heterocycles. The number of aliphatic imine (C=N–C) groups is 1. The first kappa shape index (κ1) is 20.8. The minimum Gasteiger partial charge on any atom is -0.454 e. The van der Waals surface area contributed by atoms with Crippen molar-refractivity contribution in [3.8, 4) is 11.5 Å². The molecule has 1 heterocycles. The fourth-order valence-electron chi connectivity index (χ4n) is 2.09. The predicted octanol–water partition coefficient (Wildman–Crippen LogP) is 1.52. The third-order valence-electron chi connectivity index (χ3n) is 3.19. The highest BCUT2D eigenvalue weighted by atomic mass is 127. The molecule has 2 N–H and O–H groups in total. The molecular formula is C15H24IN3O4S. The molecule has 0 fully saturated rings. The van der Waals surface area contributed by atoms with E-state index in [1.54, 1.807) is 0 Å². The molecule has 24 heavy (non-hydrogen) atoms. The van der Waals surface area contributed by atoms with Crippen LogP contribution in [0.15, 0.2) is 23.2 Å². The van der Waals surface area contributed by atoms with Gasteiger partial charge >= 0.3 is 0 Å². The zero-order chi connectivity index (χ0) is 16.7. The smallest absolute Gasteiger partial charge is 0.231 e. The molecule has 0 amide bonds. The van der Waals surface area contributed by atoms with Gasteiger partial charge in [0.05, 0.1) is 12.3 Å². The Labute approximate surface area is 160 Å². The number of fused-ring (bicyclic) bond motifs is 1. The van der Waals surface area contributed by atoms with Gasteiger partial charge in [0.2, 0.25) is 6.79 Å². The van der Waals surface area contributed by atoms with Gasteiger partial charge < -0.3 is 20.1 Å². The Morgan fingerprint density at radius 1 is 1.25 bits per heavy atom. The van der Waals surface area contributed by atoms with Crippen molar-refractivity contribution in [1.82, 2.24) is 10.6 Å². The summed E-state index contributed by atoms with van der Waals surface area (Å²) in [6.07, 6.45) is 1.79. The van der Waals surface area contributed by atoms with Crippen LogP contribution in [0.1, 0.15) is 18.9 Å². The van der Waals surface area contributed by atoms with Crippen LogP contribution < -0.4 is 20.1 Å². The van der Waals surface area contributed by atoms with Gasteiger partial charge in [-0.25, -0.2) is 13.4 Å². The molecule has 2 rings (SSSR count). The van der Waals surface area contributed by atoms with Crippen LogP contribution >= 0.6 is 24.0 Å². The highest BCUT2D eigenvalue weighted by molar-refractivity contribution is 14.0. The first-order valence-electron chi connectivity index (χ1n) is 7.56. The molecular weight excluding hydrogens is 445 g/mol. The monoisotopic (exact) mass is 469 g/mol. The lowest BCUT2D eigenvalue weighted by Crippen LogP contribution is -2.38. The molecule has 0 bridgehead atoms. The van der Waals surface area contributed by atoms with Crippen molar-refractivity contribution < 1.29 is 17.9 Å². The third-order valence-corrected chi connectivity index (χ3v) is 4.22. The molecule has 136 valence electrons. The lowest BCUT2D eigenvalue weighted by atomic mass is 10.2. The van der Waals surface area contributed by atoms with Gasteiger partial charge in [-0.3, -0.25) is 0 Å². The average Bonchev–Trinajstić information content (AvgIpc) is 2.95. The number of guanidine groups is 1. The zero-order valence-corrected chi connectivity index (χ0v) is 17.0. The third kappa shape index (κ3) is 7.12. The Balaban J connectivity index is 0.00000288. The van der Waals surface area contributed by atoms with E-state index in [9.17, 15) is 8.42 Å². The van der Waals surface area contributed by atoms with Gasteiger partial charge in [0, 0.05) is 19.3 Å². The molecule has 0 saturated carbocycles. The van der Waals surface area contributed by atoms with Crippen LogP contribution in [0.4, 0.5) is 0 Å². The summed E-state index contributed by atoms with van der Waals surface area (Å²) in [7, 11) is -2.92. The summed E-state index contributed by atoms with van der Waals surface area (Å²) in [6, 6.07) is 5.74. The van der Waals surface area contributed by atoms with Crippen LogP contribution in [0.2, 0.25) is 0 Å². The van der Waals surface area contributed by atoms with Crippen molar-refractivity contribution >= 4 is 39.8 Å². The van der Waals surface area contributed by atoms with Crippen molar-refractivity contribution in [1.29, 1.82) is 0 Å². The molecule has 0 aliphatic carbocycles. The minimum atomic E-state index is -2.92. The van der Waals surface area contributed by atoms with E-state index in [4.69, 9.17) is 9.47 Å². The number of ether oxygens (including phenoxy) is 2. The number of hydrogen-bond acceptors (Lipinski definition) is 5. The van der Waals surface area contributed by atoms with Crippen LogP contribution in [-0.2, 0) is 16.4 Å². The van der Waals surface area contributed by atoms with Gasteiger partial charge in [-0.05, 0) is 31.0 Å². The quantitative estimate of drug-likeness (QED) is 0.273. The van der Waals surface area contributed by atoms with Crippen LogP contribution in [0, 0.1) is 0 Å². The summed E-state index contributed by atoms with van der Waals surface area (Å²) < 4.78 is 32.8. The van der Waals surface area contributed by atoms with E-state index in [-0.39, 0.29) is 36.5 Å². The van der Waals surface area contributed by atoms with Gasteiger partial charge in [0.25, 0.3) is 0 Å². The molecule has 0 spiro atoms. The molecule has 7 nitrogen and oxygen atoms in total. The second kappa shape index (κ2) is 9.92. The van der Waals surface area contributed by atoms with Crippen molar-refractivity contribution in [3.05, 3.63) is 23.8 Å². The molecule has 0 atom stereocenters. The summed E-state index contributed by atoms with van der Waals surface area (Å²) in [6.45, 7) is 4.03. The van der Waals surface area contributed by atoms with Crippen LogP contribution in [-0.4, -0.2) is 46.3 Å². The summed E-state index contributed by atoms with van der Waals surface area (Å²) in [4.78, 5) is 4.49. The van der Waals surface area contributed by atoms with Crippen molar-refractivity contribution in [2.45, 2.75) is 19.9 Å². The molecule has 1 aliphatic rings. The summed E-state index contributed by atoms with van der Waals surface area (Å²) in [5, 5.41) is 6.27. The van der Waals surface area contributed by atoms with E-state index in [0.29, 0.717) is 25.5 Å². The van der Waals surface area contributed by atoms with Crippen molar-refractivity contribution in [2.24, 2.45) is 4.99 Å². The molecule has 1 aromatic rings. The number of nitrogens with one attached hydrogen (secondary N) is 2.